The third-order valence-electron chi connectivity index (χ3n) is 2.74. The van der Waals surface area contributed by atoms with Crippen molar-refractivity contribution in [3.05, 3.63) is 18.1 Å². The maximum absolute atomic E-state index is 5.79. The van der Waals surface area contributed by atoms with Gasteiger partial charge in [0, 0.05) is 18.3 Å². The van der Waals surface area contributed by atoms with Crippen LogP contribution in [0, 0.1) is 0 Å². The molecule has 4 heteroatoms. The summed E-state index contributed by atoms with van der Waals surface area (Å²) in [5, 5.41) is 0. The first-order valence-corrected chi connectivity index (χ1v) is 6.43. The Morgan fingerprint density at radius 2 is 2.18 bits per heavy atom. The zero-order valence-corrected chi connectivity index (χ0v) is 10.9. The van der Waals surface area contributed by atoms with E-state index in [1.807, 2.05) is 0 Å². The first-order chi connectivity index (χ1) is 8.27. The highest BCUT2D eigenvalue weighted by Gasteiger charge is 2.08. The molecule has 0 aliphatic heterocycles. The van der Waals surface area contributed by atoms with Crippen LogP contribution in [0.2, 0.25) is 0 Å². The standard InChI is InChI=1S/C13H23N3O/c1-3-4-5-6-7-11(2)17-13-12(8-14)9-15-10-16-13/h9-11H,3-8,14H2,1-2H3. The van der Waals surface area contributed by atoms with Crippen LogP contribution in [0.5, 0.6) is 5.88 Å². The first-order valence-electron chi connectivity index (χ1n) is 6.43. The summed E-state index contributed by atoms with van der Waals surface area (Å²) in [6.07, 6.45) is 9.51. The van der Waals surface area contributed by atoms with Crippen molar-refractivity contribution in [2.45, 2.75) is 58.6 Å². The molecule has 0 fully saturated rings. The lowest BCUT2D eigenvalue weighted by atomic mass is 10.1. The van der Waals surface area contributed by atoms with Crippen LogP contribution in [0.3, 0.4) is 0 Å². The van der Waals surface area contributed by atoms with E-state index in [-0.39, 0.29) is 6.10 Å². The van der Waals surface area contributed by atoms with Gasteiger partial charge in [0.15, 0.2) is 0 Å². The van der Waals surface area contributed by atoms with Crippen molar-refractivity contribution in [2.75, 3.05) is 0 Å². The zero-order chi connectivity index (χ0) is 12.5. The number of nitrogens with zero attached hydrogens (tertiary/aromatic N) is 2. The SMILES string of the molecule is CCCCCCC(C)Oc1ncncc1CN. The second-order valence-corrected chi connectivity index (χ2v) is 4.34. The summed E-state index contributed by atoms with van der Waals surface area (Å²) >= 11 is 0. The molecule has 2 N–H and O–H groups in total. The molecule has 1 aromatic heterocycles. The molecule has 0 saturated carbocycles. The van der Waals surface area contributed by atoms with Crippen LogP contribution in [0.15, 0.2) is 12.5 Å². The van der Waals surface area contributed by atoms with Crippen LogP contribution in [0.25, 0.3) is 0 Å². The van der Waals surface area contributed by atoms with Crippen LogP contribution >= 0.6 is 0 Å². The van der Waals surface area contributed by atoms with Gasteiger partial charge in [-0.25, -0.2) is 9.97 Å². The van der Waals surface area contributed by atoms with Gasteiger partial charge >= 0.3 is 0 Å². The number of aromatic nitrogens is 2. The van der Waals surface area contributed by atoms with E-state index in [1.165, 1.54) is 32.0 Å². The Balaban J connectivity index is 2.36. The normalized spacial score (nSPS) is 12.4. The predicted molar refractivity (Wildman–Crippen MR) is 68.8 cm³/mol. The molecule has 1 unspecified atom stereocenters. The largest absolute Gasteiger partial charge is 0.474 e. The van der Waals surface area contributed by atoms with Crippen molar-refractivity contribution in [3.63, 3.8) is 0 Å². The van der Waals surface area contributed by atoms with Crippen LogP contribution in [-0.2, 0) is 6.54 Å². The third-order valence-corrected chi connectivity index (χ3v) is 2.74. The van der Waals surface area contributed by atoms with Crippen LogP contribution < -0.4 is 10.5 Å². The fraction of sp³-hybridized carbons (Fsp3) is 0.692. The molecule has 0 bridgehead atoms. The molecule has 0 aliphatic rings. The van der Waals surface area contributed by atoms with Gasteiger partial charge in [-0.2, -0.15) is 0 Å². The van der Waals surface area contributed by atoms with Crippen molar-refractivity contribution >= 4 is 0 Å². The highest BCUT2D eigenvalue weighted by molar-refractivity contribution is 5.21. The minimum Gasteiger partial charge on any atom is -0.474 e. The summed E-state index contributed by atoms with van der Waals surface area (Å²) in [7, 11) is 0. The Kier molecular flexibility index (Phi) is 6.55. The van der Waals surface area contributed by atoms with E-state index in [4.69, 9.17) is 10.5 Å². The quantitative estimate of drug-likeness (QED) is 0.706. The Morgan fingerprint density at radius 1 is 1.35 bits per heavy atom. The van der Waals surface area contributed by atoms with Crippen molar-refractivity contribution < 1.29 is 4.74 Å². The van der Waals surface area contributed by atoms with Gasteiger partial charge in [0.1, 0.15) is 6.33 Å². The third kappa shape index (κ3) is 5.13. The van der Waals surface area contributed by atoms with Gasteiger partial charge in [0.2, 0.25) is 5.88 Å². The van der Waals surface area contributed by atoms with Crippen molar-refractivity contribution in [1.29, 1.82) is 0 Å². The average molecular weight is 237 g/mol. The van der Waals surface area contributed by atoms with Gasteiger partial charge in [-0.3, -0.25) is 0 Å². The Hall–Kier alpha value is -1.16. The summed E-state index contributed by atoms with van der Waals surface area (Å²) in [5.41, 5.74) is 6.47. The maximum Gasteiger partial charge on any atom is 0.221 e. The second-order valence-electron chi connectivity index (χ2n) is 4.34. The number of hydrogen-bond donors (Lipinski definition) is 1. The Bertz CT molecular complexity index is 317. The van der Waals surface area contributed by atoms with E-state index in [0.717, 1.165) is 12.0 Å². The molecule has 4 nitrogen and oxygen atoms in total. The van der Waals surface area contributed by atoms with E-state index in [2.05, 4.69) is 23.8 Å². The summed E-state index contributed by atoms with van der Waals surface area (Å²) in [4.78, 5) is 8.06. The fourth-order valence-corrected chi connectivity index (χ4v) is 1.70. The van der Waals surface area contributed by atoms with Crippen LogP contribution in [0.4, 0.5) is 0 Å². The van der Waals surface area contributed by atoms with E-state index in [0.29, 0.717) is 12.4 Å². The van der Waals surface area contributed by atoms with Crippen LogP contribution in [-0.4, -0.2) is 16.1 Å². The fourth-order valence-electron chi connectivity index (χ4n) is 1.70. The summed E-state index contributed by atoms with van der Waals surface area (Å²) in [5.74, 6) is 0.630. The summed E-state index contributed by atoms with van der Waals surface area (Å²) in [6, 6.07) is 0. The van der Waals surface area contributed by atoms with Gasteiger partial charge in [-0.05, 0) is 19.8 Å². The van der Waals surface area contributed by atoms with Crippen molar-refractivity contribution in [3.8, 4) is 5.88 Å². The number of nitrogens with two attached hydrogens (primary N) is 1. The molecule has 0 aliphatic carbocycles. The lowest BCUT2D eigenvalue weighted by Crippen LogP contribution is -2.15. The van der Waals surface area contributed by atoms with E-state index >= 15 is 0 Å². The molecular weight excluding hydrogens is 214 g/mol. The Morgan fingerprint density at radius 3 is 2.88 bits per heavy atom. The summed E-state index contributed by atoms with van der Waals surface area (Å²) in [6.45, 7) is 4.71. The zero-order valence-electron chi connectivity index (χ0n) is 10.9. The predicted octanol–water partition coefficient (Wildman–Crippen LogP) is 2.67. The molecule has 0 amide bonds. The topological polar surface area (TPSA) is 61.0 Å². The van der Waals surface area contributed by atoms with Crippen molar-refractivity contribution in [2.24, 2.45) is 5.73 Å². The van der Waals surface area contributed by atoms with Crippen LogP contribution in [0.1, 0.15) is 51.5 Å². The maximum atomic E-state index is 5.79. The molecule has 1 aromatic rings. The number of unbranched alkanes of at least 4 members (excludes halogenated alkanes) is 3. The minimum atomic E-state index is 0.187. The van der Waals surface area contributed by atoms with Gasteiger partial charge in [-0.1, -0.05) is 26.2 Å². The minimum absolute atomic E-state index is 0.187. The highest BCUT2D eigenvalue weighted by Crippen LogP contribution is 2.16. The molecule has 0 saturated heterocycles. The molecule has 17 heavy (non-hydrogen) atoms. The number of ether oxygens (including phenoxy) is 1. The molecule has 96 valence electrons. The molecule has 1 atom stereocenters. The first kappa shape index (κ1) is 13.9. The number of rotatable bonds is 8. The van der Waals surface area contributed by atoms with Gasteiger partial charge in [0.25, 0.3) is 0 Å². The molecule has 0 aromatic carbocycles. The van der Waals surface area contributed by atoms with Crippen molar-refractivity contribution in [1.82, 2.24) is 9.97 Å². The van der Waals surface area contributed by atoms with Gasteiger partial charge < -0.3 is 10.5 Å². The Labute approximate surface area is 104 Å². The van der Waals surface area contributed by atoms with E-state index < -0.39 is 0 Å². The van der Waals surface area contributed by atoms with Gasteiger partial charge in [-0.15, -0.1) is 0 Å². The lowest BCUT2D eigenvalue weighted by Gasteiger charge is -2.15. The molecule has 0 spiro atoms. The highest BCUT2D eigenvalue weighted by atomic mass is 16.5. The lowest BCUT2D eigenvalue weighted by molar-refractivity contribution is 0.195. The number of hydrogen-bond acceptors (Lipinski definition) is 4. The molecular formula is C13H23N3O. The smallest absolute Gasteiger partial charge is 0.221 e. The van der Waals surface area contributed by atoms with E-state index in [9.17, 15) is 0 Å². The molecule has 1 heterocycles. The molecule has 0 radical (unpaired) electrons. The summed E-state index contributed by atoms with van der Waals surface area (Å²) < 4.78 is 5.79. The van der Waals surface area contributed by atoms with E-state index in [1.54, 1.807) is 6.20 Å². The molecule has 1 rings (SSSR count). The van der Waals surface area contributed by atoms with Gasteiger partial charge in [0.05, 0.1) is 6.10 Å². The monoisotopic (exact) mass is 237 g/mol. The second kappa shape index (κ2) is 8.01. The average Bonchev–Trinajstić information content (AvgIpc) is 2.35.